The average molecular weight is 268 g/mol. The summed E-state index contributed by atoms with van der Waals surface area (Å²) in [5.41, 5.74) is 5.99. The van der Waals surface area contributed by atoms with Gasteiger partial charge in [-0.1, -0.05) is 0 Å². The molecule has 0 radical (unpaired) electrons. The molecular formula is C13H20N2O4. The van der Waals surface area contributed by atoms with Gasteiger partial charge in [0.15, 0.2) is 11.5 Å². The standard InChI is InChI=1S/C13H20N2O4/c1-17-10-7-12(19-3)11(18-2)6-9(10)8-15-5-4-13(14)16/h6-7,15H,4-5,8H2,1-3H3,(H2,14,16). The van der Waals surface area contributed by atoms with Crippen molar-refractivity contribution in [1.29, 1.82) is 0 Å². The number of hydrogen-bond donors (Lipinski definition) is 2. The van der Waals surface area contributed by atoms with Crippen molar-refractivity contribution in [3.63, 3.8) is 0 Å². The third-order valence-corrected chi connectivity index (χ3v) is 2.65. The minimum Gasteiger partial charge on any atom is -0.496 e. The van der Waals surface area contributed by atoms with Crippen molar-refractivity contribution in [2.45, 2.75) is 13.0 Å². The fraction of sp³-hybridized carbons (Fsp3) is 0.462. The number of ether oxygens (including phenoxy) is 3. The van der Waals surface area contributed by atoms with Crippen LogP contribution < -0.4 is 25.3 Å². The van der Waals surface area contributed by atoms with Crippen molar-refractivity contribution in [2.75, 3.05) is 27.9 Å². The van der Waals surface area contributed by atoms with Gasteiger partial charge in [0.1, 0.15) is 5.75 Å². The first-order valence-electron chi connectivity index (χ1n) is 5.90. The van der Waals surface area contributed by atoms with Crippen molar-refractivity contribution in [3.05, 3.63) is 17.7 Å². The average Bonchev–Trinajstić information content (AvgIpc) is 2.42. The molecule has 106 valence electrons. The summed E-state index contributed by atoms with van der Waals surface area (Å²) >= 11 is 0. The smallest absolute Gasteiger partial charge is 0.218 e. The fourth-order valence-corrected chi connectivity index (χ4v) is 1.67. The zero-order chi connectivity index (χ0) is 14.3. The maximum absolute atomic E-state index is 10.6. The first kappa shape index (κ1) is 15.1. The number of methoxy groups -OCH3 is 3. The molecule has 0 atom stereocenters. The van der Waals surface area contributed by atoms with Crippen LogP contribution in [0.5, 0.6) is 17.2 Å². The Balaban J connectivity index is 2.77. The highest BCUT2D eigenvalue weighted by Crippen LogP contribution is 2.34. The van der Waals surface area contributed by atoms with E-state index >= 15 is 0 Å². The molecule has 19 heavy (non-hydrogen) atoms. The molecule has 0 saturated heterocycles. The van der Waals surface area contributed by atoms with Gasteiger partial charge in [-0.2, -0.15) is 0 Å². The van der Waals surface area contributed by atoms with Gasteiger partial charge in [0, 0.05) is 31.1 Å². The molecule has 1 amide bonds. The van der Waals surface area contributed by atoms with Crippen LogP contribution in [-0.2, 0) is 11.3 Å². The Bertz CT molecular complexity index is 435. The Kier molecular flexibility index (Phi) is 5.95. The molecule has 0 unspecified atom stereocenters. The van der Waals surface area contributed by atoms with E-state index in [0.29, 0.717) is 36.8 Å². The van der Waals surface area contributed by atoms with Crippen LogP contribution in [-0.4, -0.2) is 33.8 Å². The Hall–Kier alpha value is -1.95. The summed E-state index contributed by atoms with van der Waals surface area (Å²) in [4.78, 5) is 10.6. The first-order valence-corrected chi connectivity index (χ1v) is 5.90. The predicted molar refractivity (Wildman–Crippen MR) is 71.6 cm³/mol. The van der Waals surface area contributed by atoms with Gasteiger partial charge in [0.25, 0.3) is 0 Å². The molecule has 3 N–H and O–H groups in total. The van der Waals surface area contributed by atoms with Gasteiger partial charge in [0.2, 0.25) is 5.91 Å². The Morgan fingerprint density at radius 1 is 1.11 bits per heavy atom. The van der Waals surface area contributed by atoms with Gasteiger partial charge in [-0.05, 0) is 6.07 Å². The van der Waals surface area contributed by atoms with Crippen LogP contribution in [0.3, 0.4) is 0 Å². The molecule has 6 nitrogen and oxygen atoms in total. The number of primary amides is 1. The van der Waals surface area contributed by atoms with Crippen LogP contribution in [0.1, 0.15) is 12.0 Å². The maximum atomic E-state index is 10.6. The molecule has 0 fully saturated rings. The van der Waals surface area contributed by atoms with Gasteiger partial charge in [-0.25, -0.2) is 0 Å². The van der Waals surface area contributed by atoms with Crippen LogP contribution >= 0.6 is 0 Å². The predicted octanol–water partition coefficient (Wildman–Crippen LogP) is 0.677. The number of hydrogen-bond acceptors (Lipinski definition) is 5. The van der Waals surface area contributed by atoms with E-state index in [1.807, 2.05) is 6.07 Å². The second kappa shape index (κ2) is 7.48. The summed E-state index contributed by atoms with van der Waals surface area (Å²) in [6.45, 7) is 1.07. The molecule has 0 aromatic heterocycles. The monoisotopic (exact) mass is 268 g/mol. The molecule has 0 aliphatic rings. The molecule has 0 aliphatic carbocycles. The number of nitrogens with one attached hydrogen (secondary N) is 1. The topological polar surface area (TPSA) is 82.8 Å². The SMILES string of the molecule is COc1cc(OC)c(OC)cc1CNCCC(N)=O. The van der Waals surface area contributed by atoms with Gasteiger partial charge >= 0.3 is 0 Å². The van der Waals surface area contributed by atoms with E-state index in [-0.39, 0.29) is 5.91 Å². The van der Waals surface area contributed by atoms with Crippen molar-refractivity contribution >= 4 is 5.91 Å². The second-order valence-electron chi connectivity index (χ2n) is 3.91. The highest BCUT2D eigenvalue weighted by atomic mass is 16.5. The number of carbonyl (C=O) groups excluding carboxylic acids is 1. The number of benzene rings is 1. The summed E-state index contributed by atoms with van der Waals surface area (Å²) in [6.07, 6.45) is 0.301. The van der Waals surface area contributed by atoms with Crippen molar-refractivity contribution in [3.8, 4) is 17.2 Å². The van der Waals surface area contributed by atoms with Crippen molar-refractivity contribution in [2.24, 2.45) is 5.73 Å². The quantitative estimate of drug-likeness (QED) is 0.677. The molecule has 0 heterocycles. The largest absolute Gasteiger partial charge is 0.496 e. The minimum absolute atomic E-state index is 0.301. The van der Waals surface area contributed by atoms with Crippen molar-refractivity contribution in [1.82, 2.24) is 5.32 Å². The number of carbonyl (C=O) groups is 1. The summed E-state index contributed by atoms with van der Waals surface area (Å²) in [7, 11) is 4.74. The molecule has 1 rings (SSSR count). The lowest BCUT2D eigenvalue weighted by Gasteiger charge is -2.14. The van der Waals surface area contributed by atoms with Crippen LogP contribution in [0, 0.1) is 0 Å². The van der Waals surface area contributed by atoms with E-state index in [4.69, 9.17) is 19.9 Å². The lowest BCUT2D eigenvalue weighted by molar-refractivity contribution is -0.117. The van der Waals surface area contributed by atoms with Crippen molar-refractivity contribution < 1.29 is 19.0 Å². The number of amides is 1. The Morgan fingerprint density at radius 2 is 1.68 bits per heavy atom. The summed E-state index contributed by atoms with van der Waals surface area (Å²) in [5, 5.41) is 3.12. The molecule has 0 saturated carbocycles. The summed E-state index contributed by atoms with van der Waals surface area (Å²) in [6, 6.07) is 3.61. The zero-order valence-corrected chi connectivity index (χ0v) is 11.5. The van der Waals surface area contributed by atoms with E-state index < -0.39 is 0 Å². The van der Waals surface area contributed by atoms with Gasteiger partial charge in [-0.3, -0.25) is 4.79 Å². The molecule has 0 aliphatic heterocycles. The molecule has 6 heteroatoms. The first-order chi connectivity index (χ1) is 9.12. The third kappa shape index (κ3) is 4.33. The van der Waals surface area contributed by atoms with Gasteiger partial charge in [-0.15, -0.1) is 0 Å². The van der Waals surface area contributed by atoms with Gasteiger partial charge < -0.3 is 25.3 Å². The number of nitrogens with two attached hydrogens (primary N) is 1. The summed E-state index contributed by atoms with van der Waals surface area (Å²) < 4.78 is 15.7. The molecular weight excluding hydrogens is 248 g/mol. The highest BCUT2D eigenvalue weighted by molar-refractivity contribution is 5.73. The number of rotatable bonds is 8. The van der Waals surface area contributed by atoms with Crippen LogP contribution in [0.4, 0.5) is 0 Å². The van der Waals surface area contributed by atoms with E-state index in [1.54, 1.807) is 27.4 Å². The second-order valence-corrected chi connectivity index (χ2v) is 3.91. The molecule has 1 aromatic carbocycles. The zero-order valence-electron chi connectivity index (χ0n) is 11.5. The van der Waals surface area contributed by atoms with Crippen LogP contribution in [0.25, 0.3) is 0 Å². The third-order valence-electron chi connectivity index (χ3n) is 2.65. The minimum atomic E-state index is -0.327. The van der Waals surface area contributed by atoms with E-state index in [9.17, 15) is 4.79 Å². The van der Waals surface area contributed by atoms with Crippen LogP contribution in [0.2, 0.25) is 0 Å². The van der Waals surface area contributed by atoms with E-state index in [1.165, 1.54) is 0 Å². The lowest BCUT2D eigenvalue weighted by atomic mass is 10.1. The molecule has 0 spiro atoms. The maximum Gasteiger partial charge on any atom is 0.218 e. The fourth-order valence-electron chi connectivity index (χ4n) is 1.67. The Labute approximate surface area is 112 Å². The van der Waals surface area contributed by atoms with E-state index in [0.717, 1.165) is 5.56 Å². The molecule has 1 aromatic rings. The molecule has 0 bridgehead atoms. The normalized spacial score (nSPS) is 10.1. The summed E-state index contributed by atoms with van der Waals surface area (Å²) in [5.74, 6) is 1.62. The lowest BCUT2D eigenvalue weighted by Crippen LogP contribution is -2.21. The van der Waals surface area contributed by atoms with Crippen LogP contribution in [0.15, 0.2) is 12.1 Å². The van der Waals surface area contributed by atoms with Gasteiger partial charge in [0.05, 0.1) is 21.3 Å². The highest BCUT2D eigenvalue weighted by Gasteiger charge is 2.11. The Morgan fingerprint density at radius 3 is 2.21 bits per heavy atom. The van der Waals surface area contributed by atoms with E-state index in [2.05, 4.69) is 5.32 Å².